The van der Waals surface area contributed by atoms with Crippen molar-refractivity contribution in [2.45, 2.75) is 24.3 Å². The SMILES string of the molecule is CC1(C)C=C(c2ccc(N)cc2)C(S(=O)(=O)O)(S(=O)(=O)O)CC1=N. The van der Waals surface area contributed by atoms with Gasteiger partial charge in [-0.1, -0.05) is 32.1 Å². The Morgan fingerprint density at radius 3 is 1.92 bits per heavy atom. The molecule has 0 spiro atoms. The van der Waals surface area contributed by atoms with Crippen LogP contribution in [0.1, 0.15) is 25.8 Å². The summed E-state index contributed by atoms with van der Waals surface area (Å²) in [6, 6.07) is 5.64. The summed E-state index contributed by atoms with van der Waals surface area (Å²) >= 11 is 0. The molecule has 0 unspecified atom stereocenters. The van der Waals surface area contributed by atoms with Crippen molar-refractivity contribution in [3.63, 3.8) is 0 Å². The monoisotopic (exact) mass is 374 g/mol. The number of nitrogen functional groups attached to an aromatic ring is 1. The van der Waals surface area contributed by atoms with Crippen LogP contribution in [0.2, 0.25) is 0 Å². The smallest absolute Gasteiger partial charge is 0.292 e. The van der Waals surface area contributed by atoms with Gasteiger partial charge in [0.05, 0.1) is 0 Å². The fraction of sp³-hybridized carbons (Fsp3) is 0.357. The molecule has 0 amide bonds. The number of nitrogens with two attached hydrogens (primary N) is 1. The first-order chi connectivity index (χ1) is 10.7. The second-order valence-electron chi connectivity index (χ2n) is 6.26. The van der Waals surface area contributed by atoms with Gasteiger partial charge in [-0.15, -0.1) is 0 Å². The van der Waals surface area contributed by atoms with Crippen LogP contribution in [-0.4, -0.2) is 35.7 Å². The van der Waals surface area contributed by atoms with Crippen molar-refractivity contribution in [1.29, 1.82) is 5.41 Å². The Kier molecular flexibility index (Phi) is 4.17. The van der Waals surface area contributed by atoms with Crippen LogP contribution in [0.15, 0.2) is 30.3 Å². The molecule has 1 aliphatic carbocycles. The summed E-state index contributed by atoms with van der Waals surface area (Å²) in [4.78, 5) is 0. The minimum Gasteiger partial charge on any atom is -0.399 e. The molecule has 2 rings (SSSR count). The van der Waals surface area contributed by atoms with Crippen molar-refractivity contribution in [3.05, 3.63) is 35.9 Å². The zero-order chi connectivity index (χ0) is 18.6. The lowest BCUT2D eigenvalue weighted by atomic mass is 9.76. The summed E-state index contributed by atoms with van der Waals surface area (Å²) in [7, 11) is -10.6. The van der Waals surface area contributed by atoms with Crippen LogP contribution >= 0.6 is 0 Å². The van der Waals surface area contributed by atoms with Crippen LogP contribution in [0, 0.1) is 10.8 Å². The van der Waals surface area contributed by atoms with Gasteiger partial charge in [-0.25, -0.2) is 0 Å². The Labute approximate surface area is 140 Å². The first-order valence-corrected chi connectivity index (χ1v) is 9.71. The third-order valence-electron chi connectivity index (χ3n) is 4.16. The van der Waals surface area contributed by atoms with E-state index in [9.17, 15) is 25.9 Å². The summed E-state index contributed by atoms with van der Waals surface area (Å²) in [5.41, 5.74) is 4.57. The van der Waals surface area contributed by atoms with Crippen molar-refractivity contribution in [1.82, 2.24) is 0 Å². The van der Waals surface area contributed by atoms with E-state index < -0.39 is 36.2 Å². The number of rotatable bonds is 3. The van der Waals surface area contributed by atoms with Crippen LogP contribution in [-0.2, 0) is 20.2 Å². The maximum atomic E-state index is 12.0. The lowest BCUT2D eigenvalue weighted by molar-refractivity contribution is 0.437. The van der Waals surface area contributed by atoms with Crippen molar-refractivity contribution in [2.75, 3.05) is 5.73 Å². The Hall–Kier alpha value is -1.75. The first-order valence-electron chi connectivity index (χ1n) is 6.83. The average Bonchev–Trinajstić information content (AvgIpc) is 2.39. The summed E-state index contributed by atoms with van der Waals surface area (Å²) in [5, 5.41) is 7.98. The topological polar surface area (TPSA) is 159 Å². The Balaban J connectivity index is 2.96. The van der Waals surface area contributed by atoms with Crippen LogP contribution < -0.4 is 5.73 Å². The molecule has 0 aliphatic heterocycles. The van der Waals surface area contributed by atoms with Gasteiger partial charge >= 0.3 is 0 Å². The molecule has 132 valence electrons. The lowest BCUT2D eigenvalue weighted by Gasteiger charge is -2.39. The number of allylic oxidation sites excluding steroid dienone is 1. The molecule has 0 aromatic heterocycles. The minimum atomic E-state index is -5.31. The highest BCUT2D eigenvalue weighted by atomic mass is 32.3. The van der Waals surface area contributed by atoms with Crippen molar-refractivity contribution >= 4 is 37.2 Å². The van der Waals surface area contributed by atoms with Gasteiger partial charge in [0.25, 0.3) is 24.3 Å². The lowest BCUT2D eigenvalue weighted by Crippen LogP contribution is -2.52. The molecule has 10 heteroatoms. The molecule has 0 heterocycles. The van der Waals surface area contributed by atoms with Crippen LogP contribution in [0.3, 0.4) is 0 Å². The van der Waals surface area contributed by atoms with Crippen LogP contribution in [0.5, 0.6) is 0 Å². The second-order valence-corrected chi connectivity index (χ2v) is 9.81. The normalized spacial score (nSPS) is 20.5. The highest BCUT2D eigenvalue weighted by Crippen LogP contribution is 2.48. The Bertz CT molecular complexity index is 896. The molecule has 0 atom stereocenters. The van der Waals surface area contributed by atoms with Crippen molar-refractivity contribution < 1.29 is 25.9 Å². The highest BCUT2D eigenvalue weighted by molar-refractivity contribution is 8.06. The molecule has 8 nitrogen and oxygen atoms in total. The number of hydrogen-bond donors (Lipinski definition) is 4. The fourth-order valence-corrected chi connectivity index (χ4v) is 5.30. The predicted octanol–water partition coefficient (Wildman–Crippen LogP) is 1.57. The molecule has 1 aromatic carbocycles. The maximum absolute atomic E-state index is 12.0. The van der Waals surface area contributed by atoms with Gasteiger partial charge in [0, 0.05) is 23.2 Å². The molecule has 1 aromatic rings. The molecule has 0 fully saturated rings. The van der Waals surface area contributed by atoms with Gasteiger partial charge < -0.3 is 11.1 Å². The van der Waals surface area contributed by atoms with E-state index in [4.69, 9.17) is 11.1 Å². The van der Waals surface area contributed by atoms with E-state index in [-0.39, 0.29) is 16.8 Å². The van der Waals surface area contributed by atoms with Crippen molar-refractivity contribution in [2.24, 2.45) is 5.41 Å². The minimum absolute atomic E-state index is 0.153. The van der Waals surface area contributed by atoms with E-state index in [1.807, 2.05) is 0 Å². The Morgan fingerprint density at radius 2 is 1.50 bits per heavy atom. The van der Waals surface area contributed by atoms with Gasteiger partial charge in [0.15, 0.2) is 0 Å². The van der Waals surface area contributed by atoms with Gasteiger partial charge in [0.1, 0.15) is 0 Å². The molecular formula is C14H18N2O6S2. The van der Waals surface area contributed by atoms with Gasteiger partial charge in [-0.05, 0) is 23.3 Å². The maximum Gasteiger partial charge on any atom is 0.292 e. The van der Waals surface area contributed by atoms with Gasteiger partial charge in [-0.2, -0.15) is 16.8 Å². The Morgan fingerprint density at radius 1 is 1.04 bits per heavy atom. The number of nitrogens with one attached hydrogen (secondary N) is 1. The second kappa shape index (κ2) is 5.38. The van der Waals surface area contributed by atoms with E-state index in [2.05, 4.69) is 0 Å². The molecule has 1 aliphatic rings. The van der Waals surface area contributed by atoms with E-state index in [0.717, 1.165) is 0 Å². The summed E-state index contributed by atoms with van der Waals surface area (Å²) in [5.74, 6) is 0. The number of benzene rings is 1. The van der Waals surface area contributed by atoms with Crippen molar-refractivity contribution in [3.8, 4) is 0 Å². The molecule has 5 N–H and O–H groups in total. The molecule has 0 radical (unpaired) electrons. The summed E-state index contributed by atoms with van der Waals surface area (Å²) < 4.78 is 64.4. The quantitative estimate of drug-likeness (QED) is 0.461. The molecule has 24 heavy (non-hydrogen) atoms. The standard InChI is InChI=1S/C14H18N2O6S2/c1-13(2)7-11(9-3-5-10(15)6-4-9)14(8-12(13)16,23(17,18)19)24(20,21)22/h3-7,16H,8,15H2,1-2H3,(H,17,18,19)(H,20,21,22). The van der Waals surface area contributed by atoms with Gasteiger partial charge in [-0.3, -0.25) is 9.11 Å². The third-order valence-corrected chi connectivity index (χ3v) is 7.82. The largest absolute Gasteiger partial charge is 0.399 e. The third kappa shape index (κ3) is 2.75. The number of hydrogen-bond acceptors (Lipinski definition) is 6. The fourth-order valence-electron chi connectivity index (χ4n) is 2.67. The van der Waals surface area contributed by atoms with Crippen LogP contribution in [0.25, 0.3) is 5.57 Å². The predicted molar refractivity (Wildman–Crippen MR) is 90.8 cm³/mol. The van der Waals surface area contributed by atoms with E-state index in [1.54, 1.807) is 13.8 Å². The number of anilines is 1. The zero-order valence-corrected chi connectivity index (χ0v) is 14.6. The first kappa shape index (κ1) is 18.6. The van der Waals surface area contributed by atoms with Crippen LogP contribution in [0.4, 0.5) is 5.69 Å². The van der Waals surface area contributed by atoms with E-state index in [1.165, 1.54) is 30.3 Å². The molecule has 0 bridgehead atoms. The molecule has 0 saturated carbocycles. The van der Waals surface area contributed by atoms with E-state index >= 15 is 0 Å². The molecule has 0 saturated heterocycles. The molecular weight excluding hydrogens is 356 g/mol. The average molecular weight is 374 g/mol. The highest BCUT2D eigenvalue weighted by Gasteiger charge is 2.61. The van der Waals surface area contributed by atoms with Gasteiger partial charge in [0.2, 0.25) is 0 Å². The van der Waals surface area contributed by atoms with E-state index in [0.29, 0.717) is 5.69 Å². The zero-order valence-electron chi connectivity index (χ0n) is 13.0. The summed E-state index contributed by atoms with van der Waals surface area (Å²) in [6.45, 7) is 3.20. The summed E-state index contributed by atoms with van der Waals surface area (Å²) in [6.07, 6.45) is 0.375.